The fraction of sp³-hybridized carbons (Fsp3) is 0.278. The van der Waals surface area contributed by atoms with Gasteiger partial charge < -0.3 is 20.6 Å². The van der Waals surface area contributed by atoms with Crippen molar-refractivity contribution in [3.8, 4) is 5.75 Å². The van der Waals surface area contributed by atoms with Gasteiger partial charge in [-0.3, -0.25) is 0 Å². The maximum Gasteiger partial charge on any atom is 0.573 e. The van der Waals surface area contributed by atoms with E-state index in [0.717, 1.165) is 6.07 Å². The molecule has 2 aromatic carbocycles. The molecule has 0 radical (unpaired) electrons. The molecule has 0 saturated carbocycles. The van der Waals surface area contributed by atoms with Crippen molar-refractivity contribution in [2.24, 2.45) is 0 Å². The molecule has 0 bridgehead atoms. The number of hydrogen-bond donors (Lipinski definition) is 3. The highest BCUT2D eigenvalue weighted by atomic mass is 35.5. The molecule has 0 fully saturated rings. The molecule has 0 aliphatic heterocycles. The number of benzene rings is 2. The molecule has 0 aliphatic rings. The van der Waals surface area contributed by atoms with E-state index in [1.165, 1.54) is 12.1 Å². The second-order valence-electron chi connectivity index (χ2n) is 5.65. The minimum absolute atomic E-state index is 0.0825. The van der Waals surface area contributed by atoms with Gasteiger partial charge in [0, 0.05) is 46.2 Å². The van der Waals surface area contributed by atoms with Gasteiger partial charge in [-0.1, -0.05) is 29.3 Å². The van der Waals surface area contributed by atoms with Crippen LogP contribution in [0, 0.1) is 5.41 Å². The quantitative estimate of drug-likeness (QED) is 0.483. The maximum atomic E-state index is 12.5. The fourth-order valence-corrected chi connectivity index (χ4v) is 2.85. The van der Waals surface area contributed by atoms with E-state index < -0.39 is 12.1 Å². The Labute approximate surface area is 164 Å². The Balaban J connectivity index is 2.27. The van der Waals surface area contributed by atoms with Crippen molar-refractivity contribution in [1.82, 2.24) is 0 Å². The van der Waals surface area contributed by atoms with Crippen LogP contribution in [0.1, 0.15) is 24.0 Å². The standard InChI is InChI=1S/C18H17Cl2F3N2O2/c19-12-4-3-11(15(20)8-12)10-25-17-9-13(27-18(21,22)23)5-6-14(17)16(24)2-1-7-26/h3-6,8-9,24-26H,1-2,7,10H2. The molecule has 2 rings (SSSR count). The molecular formula is C18H17Cl2F3N2O2. The van der Waals surface area contributed by atoms with Gasteiger partial charge in [-0.2, -0.15) is 0 Å². The SMILES string of the molecule is N=C(CCCO)c1ccc(OC(F)(F)F)cc1NCc1ccc(Cl)cc1Cl. The highest BCUT2D eigenvalue weighted by Gasteiger charge is 2.31. The Bertz CT molecular complexity index is 814. The Morgan fingerprint density at radius 2 is 1.89 bits per heavy atom. The minimum atomic E-state index is -4.82. The molecule has 0 spiro atoms. The van der Waals surface area contributed by atoms with Crippen LogP contribution in [-0.2, 0) is 6.54 Å². The summed E-state index contributed by atoms with van der Waals surface area (Å²) >= 11 is 12.0. The van der Waals surface area contributed by atoms with Gasteiger partial charge in [0.1, 0.15) is 5.75 Å². The van der Waals surface area contributed by atoms with E-state index in [9.17, 15) is 13.2 Å². The summed E-state index contributed by atoms with van der Waals surface area (Å²) in [7, 11) is 0. The molecule has 4 nitrogen and oxygen atoms in total. The summed E-state index contributed by atoms with van der Waals surface area (Å²) in [6.07, 6.45) is -4.16. The largest absolute Gasteiger partial charge is 0.573 e. The molecule has 0 amide bonds. The fourth-order valence-electron chi connectivity index (χ4n) is 2.38. The summed E-state index contributed by atoms with van der Waals surface area (Å²) in [5.41, 5.74) is 1.59. The van der Waals surface area contributed by atoms with Gasteiger partial charge in [0.2, 0.25) is 0 Å². The Kier molecular flexibility index (Phi) is 7.35. The van der Waals surface area contributed by atoms with Gasteiger partial charge in [-0.15, -0.1) is 13.2 Å². The van der Waals surface area contributed by atoms with Crippen LogP contribution in [-0.4, -0.2) is 23.8 Å². The van der Waals surface area contributed by atoms with E-state index >= 15 is 0 Å². The lowest BCUT2D eigenvalue weighted by Gasteiger charge is -2.16. The first kappa shape index (κ1) is 21.3. The van der Waals surface area contributed by atoms with Crippen LogP contribution in [0.15, 0.2) is 36.4 Å². The predicted octanol–water partition coefficient (Wildman–Crippen LogP) is 5.64. The van der Waals surface area contributed by atoms with E-state index in [2.05, 4.69) is 10.1 Å². The molecule has 0 unspecified atom stereocenters. The van der Waals surface area contributed by atoms with Crippen molar-refractivity contribution in [3.63, 3.8) is 0 Å². The van der Waals surface area contributed by atoms with Gasteiger partial charge in [0.25, 0.3) is 0 Å². The number of aliphatic hydroxyl groups excluding tert-OH is 1. The molecule has 146 valence electrons. The first-order valence-electron chi connectivity index (χ1n) is 7.96. The zero-order valence-corrected chi connectivity index (χ0v) is 15.5. The van der Waals surface area contributed by atoms with E-state index in [1.807, 2.05) is 0 Å². The topological polar surface area (TPSA) is 65.3 Å². The average Bonchev–Trinajstić information content (AvgIpc) is 2.57. The van der Waals surface area contributed by atoms with Crippen LogP contribution in [0.2, 0.25) is 10.0 Å². The van der Waals surface area contributed by atoms with Crippen LogP contribution in [0.4, 0.5) is 18.9 Å². The number of hydrogen-bond acceptors (Lipinski definition) is 4. The van der Waals surface area contributed by atoms with Crippen molar-refractivity contribution >= 4 is 34.6 Å². The smallest absolute Gasteiger partial charge is 0.406 e. The summed E-state index contributed by atoms with van der Waals surface area (Å²) in [5, 5.41) is 20.9. The van der Waals surface area contributed by atoms with E-state index in [0.29, 0.717) is 33.3 Å². The molecule has 0 aliphatic carbocycles. The number of aliphatic hydroxyl groups is 1. The molecular weight excluding hydrogens is 404 g/mol. The zero-order chi connectivity index (χ0) is 20.0. The number of nitrogens with one attached hydrogen (secondary N) is 2. The lowest BCUT2D eigenvalue weighted by molar-refractivity contribution is -0.274. The van der Waals surface area contributed by atoms with Gasteiger partial charge in [-0.25, -0.2) is 0 Å². The van der Waals surface area contributed by atoms with Crippen LogP contribution >= 0.6 is 23.2 Å². The third-order valence-electron chi connectivity index (χ3n) is 3.62. The first-order valence-corrected chi connectivity index (χ1v) is 8.71. The average molecular weight is 421 g/mol. The van der Waals surface area contributed by atoms with Crippen molar-refractivity contribution in [2.45, 2.75) is 25.7 Å². The van der Waals surface area contributed by atoms with Crippen molar-refractivity contribution < 1.29 is 23.0 Å². The normalized spacial score (nSPS) is 11.3. The van der Waals surface area contributed by atoms with Crippen molar-refractivity contribution in [2.75, 3.05) is 11.9 Å². The summed E-state index contributed by atoms with van der Waals surface area (Å²) in [5.74, 6) is -0.397. The van der Waals surface area contributed by atoms with Crippen LogP contribution in [0.5, 0.6) is 5.75 Å². The van der Waals surface area contributed by atoms with Crippen molar-refractivity contribution in [3.05, 3.63) is 57.6 Å². The summed E-state index contributed by atoms with van der Waals surface area (Å²) in [6, 6.07) is 8.62. The van der Waals surface area contributed by atoms with E-state index in [1.54, 1.807) is 18.2 Å². The van der Waals surface area contributed by atoms with Gasteiger partial charge >= 0.3 is 6.36 Å². The Hall–Kier alpha value is -1.96. The summed E-state index contributed by atoms with van der Waals surface area (Å²) in [6.45, 7) is 0.131. The summed E-state index contributed by atoms with van der Waals surface area (Å²) < 4.78 is 41.4. The lowest BCUT2D eigenvalue weighted by atomic mass is 10.0. The number of anilines is 1. The second-order valence-corrected chi connectivity index (χ2v) is 6.49. The third-order valence-corrected chi connectivity index (χ3v) is 4.21. The molecule has 0 saturated heterocycles. The maximum absolute atomic E-state index is 12.5. The van der Waals surface area contributed by atoms with Crippen LogP contribution in [0.25, 0.3) is 0 Å². The first-order chi connectivity index (χ1) is 12.7. The number of ether oxygens (including phenoxy) is 1. The number of rotatable bonds is 8. The molecule has 2 aromatic rings. The molecule has 0 atom stereocenters. The molecule has 27 heavy (non-hydrogen) atoms. The molecule has 0 heterocycles. The highest BCUT2D eigenvalue weighted by molar-refractivity contribution is 6.35. The lowest BCUT2D eigenvalue weighted by Crippen LogP contribution is -2.17. The monoisotopic (exact) mass is 420 g/mol. The molecule has 9 heteroatoms. The molecule has 0 aromatic heterocycles. The predicted molar refractivity (Wildman–Crippen MR) is 100 cm³/mol. The van der Waals surface area contributed by atoms with Gasteiger partial charge in [0.15, 0.2) is 0 Å². The molecule has 3 N–H and O–H groups in total. The zero-order valence-electron chi connectivity index (χ0n) is 14.0. The van der Waals surface area contributed by atoms with Gasteiger partial charge in [0.05, 0.1) is 0 Å². The highest BCUT2D eigenvalue weighted by Crippen LogP contribution is 2.30. The van der Waals surface area contributed by atoms with Crippen molar-refractivity contribution in [1.29, 1.82) is 5.41 Å². The number of alkyl halides is 3. The van der Waals surface area contributed by atoms with E-state index in [4.69, 9.17) is 33.7 Å². The third kappa shape index (κ3) is 6.61. The van der Waals surface area contributed by atoms with Crippen LogP contribution in [0.3, 0.4) is 0 Å². The minimum Gasteiger partial charge on any atom is -0.406 e. The van der Waals surface area contributed by atoms with Gasteiger partial charge in [-0.05, 0) is 42.7 Å². The Morgan fingerprint density at radius 3 is 2.52 bits per heavy atom. The van der Waals surface area contributed by atoms with E-state index in [-0.39, 0.29) is 25.3 Å². The second kappa shape index (κ2) is 9.30. The summed E-state index contributed by atoms with van der Waals surface area (Å²) in [4.78, 5) is 0. The van der Waals surface area contributed by atoms with Crippen LogP contribution < -0.4 is 10.1 Å². The number of halogens is 5. The Morgan fingerprint density at radius 1 is 1.15 bits per heavy atom.